The van der Waals surface area contributed by atoms with Gasteiger partial charge in [-0.15, -0.1) is 0 Å². The van der Waals surface area contributed by atoms with Crippen LogP contribution in [0.25, 0.3) is 10.1 Å². The van der Waals surface area contributed by atoms with Gasteiger partial charge in [0.15, 0.2) is 5.06 Å². The molecule has 164 valence electrons. The fraction of sp³-hybridized carbons (Fsp3) is 0.500. The molecule has 1 aromatic heterocycles. The predicted octanol–water partition coefficient (Wildman–Crippen LogP) is 7.87. The monoisotopic (exact) mass is 433 g/mol. The maximum absolute atomic E-state index is 6.71. The largest absolute Gasteiger partial charge is 0.446 e. The first-order valence-corrected chi connectivity index (χ1v) is 12.8. The van der Waals surface area contributed by atoms with Crippen molar-refractivity contribution in [3.8, 4) is 10.8 Å². The lowest BCUT2D eigenvalue weighted by Gasteiger charge is -2.37. The van der Waals surface area contributed by atoms with Gasteiger partial charge in [0.1, 0.15) is 5.75 Å². The molecule has 0 aliphatic carbocycles. The van der Waals surface area contributed by atoms with E-state index >= 15 is 0 Å². The zero-order chi connectivity index (χ0) is 21.4. The molecule has 2 unspecified atom stereocenters. The first-order chi connectivity index (χ1) is 15.0. The molecule has 3 heteroatoms. The zero-order valence-electron chi connectivity index (χ0n) is 19.2. The molecule has 31 heavy (non-hydrogen) atoms. The highest BCUT2D eigenvalue weighted by molar-refractivity contribution is 7.21. The van der Waals surface area contributed by atoms with E-state index in [1.807, 2.05) is 11.3 Å². The van der Waals surface area contributed by atoms with Crippen molar-refractivity contribution in [2.45, 2.75) is 58.3 Å². The molecular weight excluding hydrogens is 398 g/mol. The van der Waals surface area contributed by atoms with Gasteiger partial charge in [0, 0.05) is 10.3 Å². The molecule has 1 saturated heterocycles. The summed E-state index contributed by atoms with van der Waals surface area (Å²) in [5.41, 5.74) is 3.04. The van der Waals surface area contributed by atoms with Crippen LogP contribution in [-0.4, -0.2) is 25.0 Å². The van der Waals surface area contributed by atoms with Gasteiger partial charge in [-0.1, -0.05) is 61.6 Å². The molecule has 3 heterocycles. The number of likely N-dealkylation sites (tertiary alicyclic amines) is 1. The Bertz CT molecular complexity index is 1050. The van der Waals surface area contributed by atoms with E-state index in [-0.39, 0.29) is 5.41 Å². The molecule has 0 radical (unpaired) electrons. The second kappa shape index (κ2) is 8.60. The van der Waals surface area contributed by atoms with E-state index in [1.165, 1.54) is 66.4 Å². The summed E-state index contributed by atoms with van der Waals surface area (Å²) in [5, 5.41) is 2.53. The van der Waals surface area contributed by atoms with Crippen LogP contribution in [0.4, 0.5) is 0 Å². The summed E-state index contributed by atoms with van der Waals surface area (Å²) in [6, 6.07) is 17.6. The predicted molar refractivity (Wildman–Crippen MR) is 133 cm³/mol. The van der Waals surface area contributed by atoms with E-state index in [0.29, 0.717) is 5.92 Å². The summed E-state index contributed by atoms with van der Waals surface area (Å²) in [6.45, 7) is 7.49. The van der Waals surface area contributed by atoms with Crippen molar-refractivity contribution in [1.29, 1.82) is 0 Å². The van der Waals surface area contributed by atoms with Crippen LogP contribution in [0.15, 0.2) is 48.5 Å². The Labute approximate surface area is 191 Å². The van der Waals surface area contributed by atoms with Crippen molar-refractivity contribution in [3.05, 3.63) is 59.7 Å². The minimum atomic E-state index is 0.220. The Balaban J connectivity index is 1.61. The van der Waals surface area contributed by atoms with Gasteiger partial charge in [0.2, 0.25) is 0 Å². The van der Waals surface area contributed by atoms with Gasteiger partial charge in [0.25, 0.3) is 0 Å². The second-order valence-corrected chi connectivity index (χ2v) is 11.4. The number of rotatable bonds is 2. The number of fused-ring (bicyclic) bond motifs is 4. The lowest BCUT2D eigenvalue weighted by molar-refractivity contribution is 0.217. The van der Waals surface area contributed by atoms with Gasteiger partial charge < -0.3 is 9.64 Å². The molecule has 0 N–H and O–H groups in total. The Morgan fingerprint density at radius 3 is 2.74 bits per heavy atom. The molecule has 0 amide bonds. The molecule has 2 nitrogen and oxygen atoms in total. The molecule has 2 aliphatic rings. The Hall–Kier alpha value is -1.84. The fourth-order valence-corrected chi connectivity index (χ4v) is 6.82. The van der Waals surface area contributed by atoms with Crippen molar-refractivity contribution in [1.82, 2.24) is 4.90 Å². The van der Waals surface area contributed by atoms with E-state index in [1.54, 1.807) is 0 Å². The molecule has 1 fully saturated rings. The summed E-state index contributed by atoms with van der Waals surface area (Å²) in [5.74, 6) is 2.35. The number of para-hydroxylation sites is 1. The molecule has 2 aromatic carbocycles. The lowest BCUT2D eigenvalue weighted by atomic mass is 9.67. The summed E-state index contributed by atoms with van der Waals surface area (Å²) >= 11 is 1.84. The topological polar surface area (TPSA) is 12.5 Å². The number of ether oxygens (including phenoxy) is 1. The number of thiophene rings is 1. The highest BCUT2D eigenvalue weighted by Gasteiger charge is 2.38. The van der Waals surface area contributed by atoms with Crippen LogP contribution in [0.3, 0.4) is 0 Å². The molecule has 3 aromatic rings. The van der Waals surface area contributed by atoms with Gasteiger partial charge in [-0.25, -0.2) is 0 Å². The fourth-order valence-electron chi connectivity index (χ4n) is 5.70. The summed E-state index contributed by atoms with van der Waals surface area (Å²) in [4.78, 5) is 2.51. The van der Waals surface area contributed by atoms with E-state index in [0.717, 1.165) is 23.2 Å². The van der Waals surface area contributed by atoms with Crippen LogP contribution < -0.4 is 4.74 Å². The van der Waals surface area contributed by atoms with Crippen LogP contribution in [0.5, 0.6) is 10.8 Å². The third-order valence-electron chi connectivity index (χ3n) is 7.75. The molecule has 2 atom stereocenters. The van der Waals surface area contributed by atoms with E-state index in [2.05, 4.69) is 74.3 Å². The van der Waals surface area contributed by atoms with Crippen molar-refractivity contribution < 1.29 is 4.74 Å². The molecule has 0 saturated carbocycles. The molecule has 0 bridgehead atoms. The molecule has 5 rings (SSSR count). The third-order valence-corrected chi connectivity index (χ3v) is 8.81. The van der Waals surface area contributed by atoms with E-state index in [4.69, 9.17) is 4.74 Å². The zero-order valence-corrected chi connectivity index (χ0v) is 20.0. The number of hydrogen-bond acceptors (Lipinski definition) is 3. The normalized spacial score (nSPS) is 24.2. The number of benzene rings is 2. The second-order valence-electron chi connectivity index (χ2n) is 10.4. The van der Waals surface area contributed by atoms with Crippen LogP contribution in [0.2, 0.25) is 0 Å². The average Bonchev–Trinajstić information content (AvgIpc) is 2.99. The number of hydrogen-bond donors (Lipinski definition) is 0. The molecule has 2 aliphatic heterocycles. The van der Waals surface area contributed by atoms with Crippen molar-refractivity contribution in [2.24, 2.45) is 11.3 Å². The van der Waals surface area contributed by atoms with Crippen LogP contribution in [-0.2, 0) is 6.42 Å². The lowest BCUT2D eigenvalue weighted by Crippen LogP contribution is -2.26. The van der Waals surface area contributed by atoms with Crippen LogP contribution in [0, 0.1) is 11.3 Å². The van der Waals surface area contributed by atoms with E-state index in [9.17, 15) is 0 Å². The SMILES string of the molecule is CN1CCCC(CC2c3c(sc4ccccc34)Oc3ccccc3CCC2(C)C)CC1. The van der Waals surface area contributed by atoms with Crippen molar-refractivity contribution in [2.75, 3.05) is 20.1 Å². The quantitative estimate of drug-likeness (QED) is 0.408. The number of nitrogens with zero attached hydrogens (tertiary/aromatic N) is 1. The Morgan fingerprint density at radius 2 is 1.84 bits per heavy atom. The minimum absolute atomic E-state index is 0.220. The Kier molecular flexibility index (Phi) is 5.83. The standard InChI is InChI=1S/C28H35NOS/c1-28(2)16-14-21-10-4-6-12-24(21)30-27-26(22-11-5-7-13-25(22)31-27)23(28)19-20-9-8-17-29(3)18-15-20/h4-7,10-13,20,23H,8-9,14-19H2,1-3H3. The summed E-state index contributed by atoms with van der Waals surface area (Å²) in [6.07, 6.45) is 7.55. The maximum Gasteiger partial charge on any atom is 0.185 e. The highest BCUT2D eigenvalue weighted by Crippen LogP contribution is 2.54. The first-order valence-electron chi connectivity index (χ1n) is 12.0. The van der Waals surface area contributed by atoms with Gasteiger partial charge in [0.05, 0.1) is 0 Å². The highest BCUT2D eigenvalue weighted by atomic mass is 32.1. The molecular formula is C28H35NOS. The maximum atomic E-state index is 6.71. The minimum Gasteiger partial charge on any atom is -0.446 e. The first kappa shape index (κ1) is 21.0. The van der Waals surface area contributed by atoms with Crippen molar-refractivity contribution >= 4 is 21.4 Å². The van der Waals surface area contributed by atoms with Gasteiger partial charge >= 0.3 is 0 Å². The van der Waals surface area contributed by atoms with Crippen LogP contribution in [0.1, 0.15) is 63.0 Å². The van der Waals surface area contributed by atoms with Crippen molar-refractivity contribution in [3.63, 3.8) is 0 Å². The Morgan fingerprint density at radius 1 is 1.03 bits per heavy atom. The van der Waals surface area contributed by atoms with Gasteiger partial charge in [-0.05, 0) is 99.0 Å². The summed E-state index contributed by atoms with van der Waals surface area (Å²) in [7, 11) is 2.28. The van der Waals surface area contributed by atoms with E-state index < -0.39 is 0 Å². The van der Waals surface area contributed by atoms with Gasteiger partial charge in [-0.3, -0.25) is 0 Å². The average molecular weight is 434 g/mol. The third kappa shape index (κ3) is 4.27. The smallest absolute Gasteiger partial charge is 0.185 e. The van der Waals surface area contributed by atoms with Crippen LogP contribution >= 0.6 is 11.3 Å². The summed E-state index contributed by atoms with van der Waals surface area (Å²) < 4.78 is 8.07. The molecule has 0 spiro atoms. The van der Waals surface area contributed by atoms with Gasteiger partial charge in [-0.2, -0.15) is 0 Å². The number of aryl methyl sites for hydroxylation is 1.